The molecule has 0 aromatic carbocycles. The molecule has 0 aliphatic carbocycles. The number of nitrogens with two attached hydrogens (primary N) is 1. The molecule has 0 atom stereocenters. The topological polar surface area (TPSA) is 85.1 Å². The lowest BCUT2D eigenvalue weighted by molar-refractivity contribution is 0.603. The van der Waals surface area contributed by atoms with E-state index >= 15 is 0 Å². The highest BCUT2D eigenvalue weighted by Crippen LogP contribution is 2.25. The number of nitrogens with zero attached hydrogens (tertiary/aromatic N) is 1. The van der Waals surface area contributed by atoms with Crippen LogP contribution < -0.4 is 10.5 Å². The van der Waals surface area contributed by atoms with E-state index in [0.717, 1.165) is 16.2 Å². The van der Waals surface area contributed by atoms with Gasteiger partial charge in [-0.25, -0.2) is 13.4 Å². The molecule has 8 heteroatoms. The molecule has 2 heterocycles. The molecule has 2 aromatic heterocycles. The smallest absolute Gasteiger partial charge is 0.272 e. The van der Waals surface area contributed by atoms with Crippen molar-refractivity contribution in [3.63, 3.8) is 0 Å². The molecule has 0 aliphatic heterocycles. The molecule has 96 valence electrons. The van der Waals surface area contributed by atoms with Gasteiger partial charge >= 0.3 is 0 Å². The number of halogens is 1. The summed E-state index contributed by atoms with van der Waals surface area (Å²) in [5.41, 5.74) is 5.44. The molecule has 2 aromatic rings. The number of anilines is 1. The van der Waals surface area contributed by atoms with Gasteiger partial charge in [-0.15, -0.1) is 11.3 Å². The van der Waals surface area contributed by atoms with E-state index in [4.69, 9.17) is 17.3 Å². The average molecular weight is 304 g/mol. The average Bonchev–Trinajstić information content (AvgIpc) is 2.81. The third-order valence-corrected chi connectivity index (χ3v) is 5.34. The second-order valence-corrected chi connectivity index (χ2v) is 6.85. The second kappa shape index (κ2) is 5.23. The molecule has 0 saturated heterocycles. The Bertz CT molecular complexity index is 655. The maximum absolute atomic E-state index is 12.0. The number of rotatable bonds is 4. The van der Waals surface area contributed by atoms with Crippen LogP contribution in [-0.2, 0) is 16.6 Å². The van der Waals surface area contributed by atoms with Crippen molar-refractivity contribution >= 4 is 38.8 Å². The Morgan fingerprint density at radius 3 is 2.78 bits per heavy atom. The lowest BCUT2D eigenvalue weighted by atomic mass is 10.5. The summed E-state index contributed by atoms with van der Waals surface area (Å²) in [5.74, 6) is 0.113. The first-order chi connectivity index (χ1) is 8.53. The Balaban J connectivity index is 2.30. The Hall–Kier alpha value is -1.15. The predicted octanol–water partition coefficient (Wildman–Crippen LogP) is 2.06. The monoisotopic (exact) mass is 303 g/mol. The molecule has 0 fully saturated rings. The van der Waals surface area contributed by atoms with Gasteiger partial charge in [0.25, 0.3) is 10.0 Å². The van der Waals surface area contributed by atoms with E-state index in [9.17, 15) is 8.42 Å². The van der Waals surface area contributed by atoms with Crippen molar-refractivity contribution in [3.05, 3.63) is 40.4 Å². The van der Waals surface area contributed by atoms with E-state index in [-0.39, 0.29) is 15.0 Å². The largest absolute Gasteiger partial charge is 0.326 e. The maximum atomic E-state index is 12.0. The number of thiophene rings is 1. The molecular weight excluding hydrogens is 294 g/mol. The minimum atomic E-state index is -3.66. The van der Waals surface area contributed by atoms with Crippen molar-refractivity contribution in [3.8, 4) is 0 Å². The molecule has 5 nitrogen and oxygen atoms in total. The van der Waals surface area contributed by atoms with Gasteiger partial charge in [-0.1, -0.05) is 11.6 Å². The van der Waals surface area contributed by atoms with E-state index < -0.39 is 10.0 Å². The molecular formula is C10H10ClN3O2S2. The van der Waals surface area contributed by atoms with Crippen LogP contribution in [0.25, 0.3) is 0 Å². The zero-order chi connectivity index (χ0) is 13.2. The number of aromatic nitrogens is 1. The third-order valence-electron chi connectivity index (χ3n) is 2.09. The summed E-state index contributed by atoms with van der Waals surface area (Å²) in [4.78, 5) is 4.67. The van der Waals surface area contributed by atoms with Gasteiger partial charge in [-0.2, -0.15) is 0 Å². The predicted molar refractivity (Wildman–Crippen MR) is 72.3 cm³/mol. The quantitative estimate of drug-likeness (QED) is 0.905. The van der Waals surface area contributed by atoms with E-state index in [2.05, 4.69) is 9.71 Å². The fraction of sp³-hybridized carbons (Fsp3) is 0.100. The third kappa shape index (κ3) is 2.81. The van der Waals surface area contributed by atoms with Crippen molar-refractivity contribution in [1.29, 1.82) is 0 Å². The SMILES string of the molecule is NCc1ccc(S(=O)(=O)Nc2ncccc2Cl)s1. The molecule has 0 spiro atoms. The van der Waals surface area contributed by atoms with Gasteiger partial charge in [0.05, 0.1) is 5.02 Å². The van der Waals surface area contributed by atoms with Gasteiger partial charge in [0, 0.05) is 17.6 Å². The minimum absolute atomic E-state index is 0.113. The van der Waals surface area contributed by atoms with Crippen LogP contribution in [0.3, 0.4) is 0 Å². The van der Waals surface area contributed by atoms with Crippen molar-refractivity contribution in [2.45, 2.75) is 10.8 Å². The zero-order valence-electron chi connectivity index (χ0n) is 9.13. The number of nitrogens with one attached hydrogen (secondary N) is 1. The van der Waals surface area contributed by atoms with Crippen molar-refractivity contribution in [2.24, 2.45) is 5.73 Å². The zero-order valence-corrected chi connectivity index (χ0v) is 11.5. The van der Waals surface area contributed by atoms with Crippen LogP contribution in [0.1, 0.15) is 4.88 Å². The molecule has 0 saturated carbocycles. The summed E-state index contributed by atoms with van der Waals surface area (Å²) in [6, 6.07) is 6.37. The summed E-state index contributed by atoms with van der Waals surface area (Å²) in [5, 5.41) is 0.247. The number of hydrogen-bond donors (Lipinski definition) is 2. The number of sulfonamides is 1. The molecule has 0 aliphatic rings. The highest BCUT2D eigenvalue weighted by Gasteiger charge is 2.18. The Morgan fingerprint density at radius 1 is 1.39 bits per heavy atom. The van der Waals surface area contributed by atoms with Crippen LogP contribution in [0, 0.1) is 0 Å². The molecule has 18 heavy (non-hydrogen) atoms. The highest BCUT2D eigenvalue weighted by molar-refractivity contribution is 7.94. The molecule has 2 rings (SSSR count). The van der Waals surface area contributed by atoms with E-state index in [1.54, 1.807) is 18.2 Å². The van der Waals surface area contributed by atoms with Gasteiger partial charge in [-0.05, 0) is 24.3 Å². The lowest BCUT2D eigenvalue weighted by Crippen LogP contribution is -2.12. The van der Waals surface area contributed by atoms with Gasteiger partial charge in [0.15, 0.2) is 5.82 Å². The Morgan fingerprint density at radius 2 is 2.17 bits per heavy atom. The lowest BCUT2D eigenvalue weighted by Gasteiger charge is -2.06. The summed E-state index contributed by atoms with van der Waals surface area (Å²) in [7, 11) is -3.66. The van der Waals surface area contributed by atoms with Crippen LogP contribution in [0.2, 0.25) is 5.02 Å². The van der Waals surface area contributed by atoms with Gasteiger partial charge < -0.3 is 5.73 Å². The van der Waals surface area contributed by atoms with Gasteiger partial charge in [-0.3, -0.25) is 4.72 Å². The second-order valence-electron chi connectivity index (χ2n) is 3.36. The summed E-state index contributed by atoms with van der Waals surface area (Å²) >= 11 is 6.96. The van der Waals surface area contributed by atoms with Crippen LogP contribution in [-0.4, -0.2) is 13.4 Å². The fourth-order valence-electron chi connectivity index (χ4n) is 1.25. The van der Waals surface area contributed by atoms with Crippen molar-refractivity contribution < 1.29 is 8.42 Å². The first-order valence-electron chi connectivity index (χ1n) is 4.95. The normalized spacial score (nSPS) is 11.4. The maximum Gasteiger partial charge on any atom is 0.272 e. The van der Waals surface area contributed by atoms with Crippen LogP contribution in [0.5, 0.6) is 0 Å². The first-order valence-corrected chi connectivity index (χ1v) is 7.63. The molecule has 0 amide bonds. The Labute approximate surface area is 114 Å². The standard InChI is InChI=1S/C10H10ClN3O2S2/c11-8-2-1-5-13-10(8)14-18(15,16)9-4-3-7(6-12)17-9/h1-5H,6,12H2,(H,13,14). The van der Waals surface area contributed by atoms with E-state index in [1.807, 2.05) is 0 Å². The number of hydrogen-bond acceptors (Lipinski definition) is 5. The van der Waals surface area contributed by atoms with Gasteiger partial charge in [0.2, 0.25) is 0 Å². The first kappa shape index (κ1) is 13.3. The fourth-order valence-corrected chi connectivity index (χ4v) is 3.74. The van der Waals surface area contributed by atoms with Crippen LogP contribution >= 0.6 is 22.9 Å². The molecule has 3 N–H and O–H groups in total. The molecule has 0 bridgehead atoms. The van der Waals surface area contributed by atoms with Crippen molar-refractivity contribution in [1.82, 2.24) is 4.98 Å². The minimum Gasteiger partial charge on any atom is -0.326 e. The van der Waals surface area contributed by atoms with Crippen LogP contribution in [0.15, 0.2) is 34.7 Å². The molecule has 0 unspecified atom stereocenters. The summed E-state index contributed by atoms with van der Waals surface area (Å²) in [6.07, 6.45) is 1.46. The molecule has 0 radical (unpaired) electrons. The summed E-state index contributed by atoms with van der Waals surface area (Å²) < 4.78 is 26.6. The van der Waals surface area contributed by atoms with Crippen molar-refractivity contribution in [2.75, 3.05) is 4.72 Å². The van der Waals surface area contributed by atoms with Crippen LogP contribution in [0.4, 0.5) is 5.82 Å². The Kier molecular flexibility index (Phi) is 3.86. The number of pyridine rings is 1. The highest BCUT2D eigenvalue weighted by atomic mass is 35.5. The van der Waals surface area contributed by atoms with E-state index in [0.29, 0.717) is 6.54 Å². The van der Waals surface area contributed by atoms with Gasteiger partial charge in [0.1, 0.15) is 4.21 Å². The van der Waals surface area contributed by atoms with E-state index in [1.165, 1.54) is 12.3 Å². The summed E-state index contributed by atoms with van der Waals surface area (Å²) in [6.45, 7) is 0.310.